The molecule has 0 saturated heterocycles. The third-order valence-corrected chi connectivity index (χ3v) is 3.51. The number of benzene rings is 1. The zero-order valence-electron chi connectivity index (χ0n) is 13.7. The fourth-order valence-corrected chi connectivity index (χ4v) is 2.42. The summed E-state index contributed by atoms with van der Waals surface area (Å²) in [7, 11) is 0. The molecule has 0 aliphatic carbocycles. The van der Waals surface area contributed by atoms with Crippen LogP contribution < -0.4 is 5.32 Å². The van der Waals surface area contributed by atoms with Crippen LogP contribution in [0.2, 0.25) is 5.02 Å². The molecular weight excluding hydrogens is 348 g/mol. The fraction of sp³-hybridized carbons (Fsp3) is 0.375. The van der Waals surface area contributed by atoms with E-state index in [1.54, 1.807) is 22.9 Å². The highest BCUT2D eigenvalue weighted by molar-refractivity contribution is 6.30. The molecule has 0 bridgehead atoms. The van der Waals surface area contributed by atoms with Gasteiger partial charge in [0.05, 0.1) is 18.0 Å². The van der Waals surface area contributed by atoms with Crippen molar-refractivity contribution in [3.05, 3.63) is 40.7 Å². The summed E-state index contributed by atoms with van der Waals surface area (Å²) in [5, 5.41) is 19.8. The van der Waals surface area contributed by atoms with Crippen LogP contribution in [-0.2, 0) is 16.0 Å². The van der Waals surface area contributed by atoms with Crippen molar-refractivity contribution in [1.82, 2.24) is 20.3 Å². The van der Waals surface area contributed by atoms with Gasteiger partial charge in [-0.05, 0) is 24.6 Å². The van der Waals surface area contributed by atoms with Gasteiger partial charge in [-0.1, -0.05) is 36.2 Å². The summed E-state index contributed by atoms with van der Waals surface area (Å²) in [6.07, 6.45) is 1.44. The van der Waals surface area contributed by atoms with Gasteiger partial charge in [0.15, 0.2) is 5.69 Å². The summed E-state index contributed by atoms with van der Waals surface area (Å²) in [5.41, 5.74) is 1.65. The number of carboxylic acids is 1. The van der Waals surface area contributed by atoms with Crippen LogP contribution in [0.25, 0.3) is 5.69 Å². The first-order valence-electron chi connectivity index (χ1n) is 7.81. The maximum atomic E-state index is 12.3. The molecule has 0 unspecified atom stereocenters. The van der Waals surface area contributed by atoms with Crippen LogP contribution in [0.5, 0.6) is 0 Å². The average molecular weight is 367 g/mol. The van der Waals surface area contributed by atoms with Crippen molar-refractivity contribution in [1.29, 1.82) is 0 Å². The first-order valence-corrected chi connectivity index (χ1v) is 8.19. The lowest BCUT2D eigenvalue weighted by atomic mass is 10.2. The number of nitrogens with zero attached hydrogens (tertiary/aromatic N) is 3. The minimum absolute atomic E-state index is 0.101. The number of rotatable bonds is 9. The Bertz CT molecular complexity index is 747. The summed E-state index contributed by atoms with van der Waals surface area (Å²) in [5.74, 6) is -1.43. The van der Waals surface area contributed by atoms with E-state index < -0.39 is 12.6 Å². The standard InChI is InChI=1S/C16H19ClN4O4/c1-2-4-13-15(16(24)18-7-8-25-10-14(22)23)19-20-21(13)12-6-3-5-11(17)9-12/h3,5-6,9H,2,4,7-8,10H2,1H3,(H,18,24)(H,22,23). The summed E-state index contributed by atoms with van der Waals surface area (Å²) < 4.78 is 6.48. The SMILES string of the molecule is CCCc1c(C(=O)NCCOCC(=O)O)nnn1-c1cccc(Cl)c1. The molecule has 134 valence electrons. The van der Waals surface area contributed by atoms with Crippen LogP contribution in [0.4, 0.5) is 0 Å². The Hall–Kier alpha value is -2.45. The first-order chi connectivity index (χ1) is 12.0. The molecule has 0 saturated carbocycles. The van der Waals surface area contributed by atoms with Crippen LogP contribution in [0.1, 0.15) is 29.5 Å². The Balaban J connectivity index is 2.10. The third kappa shape index (κ3) is 5.27. The molecule has 1 aromatic carbocycles. The van der Waals surface area contributed by atoms with Crippen LogP contribution in [0.3, 0.4) is 0 Å². The number of hydrogen-bond acceptors (Lipinski definition) is 5. The van der Waals surface area contributed by atoms with Gasteiger partial charge in [0, 0.05) is 11.6 Å². The first kappa shape index (κ1) is 18.9. The van der Waals surface area contributed by atoms with E-state index in [1.807, 2.05) is 13.0 Å². The second kappa shape index (κ2) is 9.14. The molecule has 9 heteroatoms. The number of amides is 1. The quantitative estimate of drug-likeness (QED) is 0.654. The average Bonchev–Trinajstić information content (AvgIpc) is 2.98. The molecule has 2 N–H and O–H groups in total. The Labute approximate surface area is 149 Å². The van der Waals surface area contributed by atoms with Gasteiger partial charge >= 0.3 is 5.97 Å². The Morgan fingerprint density at radius 2 is 2.20 bits per heavy atom. The molecule has 8 nitrogen and oxygen atoms in total. The molecular formula is C16H19ClN4O4. The lowest BCUT2D eigenvalue weighted by Crippen LogP contribution is -2.29. The number of hydrogen-bond donors (Lipinski definition) is 2. The number of carbonyl (C=O) groups excluding carboxylic acids is 1. The number of aliphatic carboxylic acids is 1. The van der Waals surface area contributed by atoms with Crippen LogP contribution in [0, 0.1) is 0 Å². The van der Waals surface area contributed by atoms with Crippen molar-refractivity contribution >= 4 is 23.5 Å². The maximum Gasteiger partial charge on any atom is 0.329 e. The predicted octanol–water partition coefficient (Wildman–Crippen LogP) is 1.70. The van der Waals surface area contributed by atoms with E-state index >= 15 is 0 Å². The Kier molecular flexibility index (Phi) is 6.91. The largest absolute Gasteiger partial charge is 0.480 e. The van der Waals surface area contributed by atoms with Gasteiger partial charge in [-0.15, -0.1) is 5.10 Å². The Morgan fingerprint density at radius 3 is 2.88 bits per heavy atom. The van der Waals surface area contributed by atoms with Gasteiger partial charge in [0.25, 0.3) is 5.91 Å². The van der Waals surface area contributed by atoms with Crippen molar-refractivity contribution in [2.75, 3.05) is 19.8 Å². The molecule has 0 aliphatic rings. The monoisotopic (exact) mass is 366 g/mol. The highest BCUT2D eigenvalue weighted by Gasteiger charge is 2.19. The number of carbonyl (C=O) groups is 2. The lowest BCUT2D eigenvalue weighted by molar-refractivity contribution is -0.142. The van der Waals surface area contributed by atoms with Crippen molar-refractivity contribution in [3.63, 3.8) is 0 Å². The molecule has 0 aliphatic heterocycles. The predicted molar refractivity (Wildman–Crippen MR) is 91.2 cm³/mol. The van der Waals surface area contributed by atoms with Crippen molar-refractivity contribution < 1.29 is 19.4 Å². The molecule has 2 aromatic rings. The van der Waals surface area contributed by atoms with E-state index in [0.29, 0.717) is 17.1 Å². The summed E-state index contributed by atoms with van der Waals surface area (Å²) >= 11 is 6.02. The van der Waals surface area contributed by atoms with Gasteiger partial charge in [0.1, 0.15) is 6.61 Å². The summed E-state index contributed by atoms with van der Waals surface area (Å²) in [6, 6.07) is 7.14. The highest BCUT2D eigenvalue weighted by atomic mass is 35.5. The zero-order chi connectivity index (χ0) is 18.2. The van der Waals surface area contributed by atoms with E-state index in [4.69, 9.17) is 21.4 Å². The topological polar surface area (TPSA) is 106 Å². The van der Waals surface area contributed by atoms with Gasteiger partial charge < -0.3 is 15.2 Å². The van der Waals surface area contributed by atoms with Gasteiger partial charge in [-0.25, -0.2) is 9.48 Å². The van der Waals surface area contributed by atoms with E-state index in [2.05, 4.69) is 15.6 Å². The molecule has 0 spiro atoms. The number of carboxylic acid groups (broad SMARTS) is 1. The molecule has 0 fully saturated rings. The molecule has 25 heavy (non-hydrogen) atoms. The van der Waals surface area contributed by atoms with E-state index in [0.717, 1.165) is 12.1 Å². The second-order valence-electron chi connectivity index (χ2n) is 5.23. The van der Waals surface area contributed by atoms with Gasteiger partial charge in [-0.2, -0.15) is 0 Å². The van der Waals surface area contributed by atoms with Crippen LogP contribution in [-0.4, -0.2) is 51.7 Å². The van der Waals surface area contributed by atoms with Gasteiger partial charge in [-0.3, -0.25) is 4.79 Å². The summed E-state index contributed by atoms with van der Waals surface area (Å²) in [6.45, 7) is 1.88. The van der Waals surface area contributed by atoms with Crippen molar-refractivity contribution in [3.8, 4) is 5.69 Å². The number of ether oxygens (including phenoxy) is 1. The smallest absolute Gasteiger partial charge is 0.329 e. The minimum atomic E-state index is -1.05. The molecule has 1 aromatic heterocycles. The Morgan fingerprint density at radius 1 is 1.40 bits per heavy atom. The van der Waals surface area contributed by atoms with E-state index in [9.17, 15) is 9.59 Å². The number of aromatic nitrogens is 3. The molecule has 2 rings (SSSR count). The second-order valence-corrected chi connectivity index (χ2v) is 5.67. The summed E-state index contributed by atoms with van der Waals surface area (Å²) in [4.78, 5) is 22.7. The zero-order valence-corrected chi connectivity index (χ0v) is 14.5. The van der Waals surface area contributed by atoms with Crippen LogP contribution in [0.15, 0.2) is 24.3 Å². The van der Waals surface area contributed by atoms with E-state index in [1.165, 1.54) is 0 Å². The third-order valence-electron chi connectivity index (χ3n) is 3.28. The van der Waals surface area contributed by atoms with Crippen LogP contribution >= 0.6 is 11.6 Å². The number of nitrogens with one attached hydrogen (secondary N) is 1. The molecule has 1 amide bonds. The highest BCUT2D eigenvalue weighted by Crippen LogP contribution is 2.18. The van der Waals surface area contributed by atoms with Crippen molar-refractivity contribution in [2.45, 2.75) is 19.8 Å². The molecule has 0 atom stereocenters. The fourth-order valence-electron chi connectivity index (χ4n) is 2.23. The number of halogens is 1. The molecule has 0 radical (unpaired) electrons. The van der Waals surface area contributed by atoms with Gasteiger partial charge in [0.2, 0.25) is 0 Å². The lowest BCUT2D eigenvalue weighted by Gasteiger charge is -2.08. The van der Waals surface area contributed by atoms with E-state index in [-0.39, 0.29) is 24.8 Å². The molecule has 1 heterocycles. The van der Waals surface area contributed by atoms with Crippen molar-refractivity contribution in [2.24, 2.45) is 0 Å². The normalized spacial score (nSPS) is 10.6. The minimum Gasteiger partial charge on any atom is -0.480 e. The maximum absolute atomic E-state index is 12.3.